The van der Waals surface area contributed by atoms with Gasteiger partial charge in [0.2, 0.25) is 0 Å². The number of hydrogen-bond acceptors (Lipinski definition) is 2. The Morgan fingerprint density at radius 1 is 1.11 bits per heavy atom. The Morgan fingerprint density at radius 3 is 2.67 bits per heavy atom. The molecule has 1 aliphatic rings. The molecule has 2 heterocycles. The highest BCUT2D eigenvalue weighted by Crippen LogP contribution is 2.26. The second-order valence-corrected chi connectivity index (χ2v) is 4.48. The van der Waals surface area contributed by atoms with Crippen molar-refractivity contribution >= 4 is 5.57 Å². The van der Waals surface area contributed by atoms with Gasteiger partial charge in [-0.3, -0.25) is 0 Å². The average Bonchev–Trinajstić information content (AvgIpc) is 3.10. The van der Waals surface area contributed by atoms with Crippen LogP contribution in [-0.2, 0) is 4.74 Å². The molecule has 1 aromatic carbocycles. The fourth-order valence-corrected chi connectivity index (χ4v) is 2.29. The van der Waals surface area contributed by atoms with Crippen molar-refractivity contribution in [2.75, 3.05) is 6.61 Å². The van der Waals surface area contributed by atoms with Gasteiger partial charge in [-0.2, -0.15) is 0 Å². The zero-order valence-electron chi connectivity index (χ0n) is 10.2. The van der Waals surface area contributed by atoms with E-state index in [1.54, 1.807) is 6.26 Å². The van der Waals surface area contributed by atoms with E-state index in [2.05, 4.69) is 18.2 Å². The van der Waals surface area contributed by atoms with Crippen LogP contribution in [0.2, 0.25) is 0 Å². The molecule has 0 saturated carbocycles. The fourth-order valence-electron chi connectivity index (χ4n) is 2.29. The van der Waals surface area contributed by atoms with Crippen LogP contribution in [0, 0.1) is 0 Å². The van der Waals surface area contributed by atoms with E-state index in [1.807, 2.05) is 30.3 Å². The second kappa shape index (κ2) is 5.23. The third kappa shape index (κ3) is 2.39. The van der Waals surface area contributed by atoms with E-state index in [9.17, 15) is 0 Å². The molecule has 2 aromatic rings. The van der Waals surface area contributed by atoms with E-state index >= 15 is 0 Å². The summed E-state index contributed by atoms with van der Waals surface area (Å²) in [5.74, 6) is 0.900. The first kappa shape index (κ1) is 11.3. The summed E-state index contributed by atoms with van der Waals surface area (Å²) >= 11 is 0. The van der Waals surface area contributed by atoms with Gasteiger partial charge in [-0.25, -0.2) is 0 Å². The number of ether oxygens (including phenoxy) is 1. The minimum absolute atomic E-state index is 0.213. The van der Waals surface area contributed by atoms with Crippen molar-refractivity contribution < 1.29 is 9.15 Å². The van der Waals surface area contributed by atoms with E-state index < -0.39 is 0 Å². The lowest BCUT2D eigenvalue weighted by molar-refractivity contribution is 0.146. The van der Waals surface area contributed by atoms with E-state index in [-0.39, 0.29) is 6.10 Å². The topological polar surface area (TPSA) is 22.4 Å². The lowest BCUT2D eigenvalue weighted by atomic mass is 10.0. The van der Waals surface area contributed by atoms with Gasteiger partial charge in [0.1, 0.15) is 5.76 Å². The molecule has 0 aliphatic carbocycles. The predicted molar refractivity (Wildman–Crippen MR) is 71.2 cm³/mol. The van der Waals surface area contributed by atoms with Crippen LogP contribution in [0.4, 0.5) is 0 Å². The van der Waals surface area contributed by atoms with Crippen LogP contribution >= 0.6 is 0 Å². The zero-order chi connectivity index (χ0) is 12.2. The summed E-state index contributed by atoms with van der Waals surface area (Å²) in [6.07, 6.45) is 6.34. The zero-order valence-corrected chi connectivity index (χ0v) is 10.2. The first-order valence-electron chi connectivity index (χ1n) is 6.36. The van der Waals surface area contributed by atoms with Gasteiger partial charge in [0.25, 0.3) is 0 Å². The van der Waals surface area contributed by atoms with Gasteiger partial charge in [0.05, 0.1) is 12.4 Å². The summed E-state index contributed by atoms with van der Waals surface area (Å²) in [5.41, 5.74) is 2.29. The first-order chi connectivity index (χ1) is 8.93. The monoisotopic (exact) mass is 240 g/mol. The predicted octanol–water partition coefficient (Wildman–Crippen LogP) is 3.89. The van der Waals surface area contributed by atoms with Crippen LogP contribution in [0.3, 0.4) is 0 Å². The Kier molecular flexibility index (Phi) is 3.29. The van der Waals surface area contributed by atoms with Crippen molar-refractivity contribution in [1.82, 2.24) is 0 Å². The average molecular weight is 240 g/mol. The van der Waals surface area contributed by atoms with E-state index in [0.29, 0.717) is 0 Å². The molecule has 3 rings (SSSR count). The van der Waals surface area contributed by atoms with Crippen molar-refractivity contribution in [2.45, 2.75) is 18.9 Å². The first-order valence-corrected chi connectivity index (χ1v) is 6.36. The highest BCUT2D eigenvalue weighted by molar-refractivity contribution is 5.77. The molecular weight excluding hydrogens is 224 g/mol. The fraction of sp³-hybridized carbons (Fsp3) is 0.250. The summed E-state index contributed by atoms with van der Waals surface area (Å²) in [7, 11) is 0. The standard InChI is InChI=1S/C16H16O2/c1-2-6-13(7-3-1)15(16-9-5-11-18-16)12-14-8-4-10-17-14/h1-3,5-7,9,11-12,14H,4,8,10H2/b15-12-. The van der Waals surface area contributed by atoms with Crippen molar-refractivity contribution in [2.24, 2.45) is 0 Å². The minimum atomic E-state index is 0.213. The molecule has 1 fully saturated rings. The van der Waals surface area contributed by atoms with Crippen LogP contribution in [0.15, 0.2) is 59.2 Å². The van der Waals surface area contributed by atoms with Gasteiger partial charge in [0, 0.05) is 12.2 Å². The van der Waals surface area contributed by atoms with E-state index in [0.717, 1.165) is 30.8 Å². The van der Waals surface area contributed by atoms with Crippen molar-refractivity contribution in [3.05, 3.63) is 66.1 Å². The second-order valence-electron chi connectivity index (χ2n) is 4.48. The summed E-state index contributed by atoms with van der Waals surface area (Å²) in [6.45, 7) is 0.862. The van der Waals surface area contributed by atoms with E-state index in [4.69, 9.17) is 9.15 Å². The van der Waals surface area contributed by atoms with Crippen LogP contribution in [0.5, 0.6) is 0 Å². The van der Waals surface area contributed by atoms with Crippen molar-refractivity contribution in [3.8, 4) is 0 Å². The third-order valence-corrected chi connectivity index (χ3v) is 3.19. The molecule has 1 atom stereocenters. The van der Waals surface area contributed by atoms with Gasteiger partial charge in [-0.1, -0.05) is 30.3 Å². The maximum Gasteiger partial charge on any atom is 0.134 e. The molecular formula is C16H16O2. The van der Waals surface area contributed by atoms with Gasteiger partial charge < -0.3 is 9.15 Å². The smallest absolute Gasteiger partial charge is 0.134 e. The summed E-state index contributed by atoms with van der Waals surface area (Å²) < 4.78 is 11.2. The van der Waals surface area contributed by atoms with Crippen LogP contribution in [-0.4, -0.2) is 12.7 Å². The van der Waals surface area contributed by atoms with Crippen LogP contribution in [0.1, 0.15) is 24.2 Å². The maximum absolute atomic E-state index is 5.68. The number of benzene rings is 1. The van der Waals surface area contributed by atoms with Gasteiger partial charge in [-0.05, 0) is 36.6 Å². The molecule has 1 unspecified atom stereocenters. The Labute approximate surface area is 107 Å². The number of furan rings is 1. The van der Waals surface area contributed by atoms with Crippen molar-refractivity contribution in [3.63, 3.8) is 0 Å². The lowest BCUT2D eigenvalue weighted by Crippen LogP contribution is -2.01. The number of rotatable bonds is 3. The molecule has 0 N–H and O–H groups in total. The molecule has 18 heavy (non-hydrogen) atoms. The Bertz CT molecular complexity index is 505. The van der Waals surface area contributed by atoms with E-state index in [1.165, 1.54) is 5.56 Å². The highest BCUT2D eigenvalue weighted by atomic mass is 16.5. The molecule has 1 saturated heterocycles. The maximum atomic E-state index is 5.68. The molecule has 2 heteroatoms. The van der Waals surface area contributed by atoms with Gasteiger partial charge >= 0.3 is 0 Å². The normalized spacial score (nSPS) is 20.2. The third-order valence-electron chi connectivity index (χ3n) is 3.19. The van der Waals surface area contributed by atoms with Crippen LogP contribution in [0.25, 0.3) is 5.57 Å². The minimum Gasteiger partial charge on any atom is -0.464 e. The Balaban J connectivity index is 1.98. The molecule has 1 aliphatic heterocycles. The lowest BCUT2D eigenvalue weighted by Gasteiger charge is -2.09. The van der Waals surface area contributed by atoms with Gasteiger partial charge in [-0.15, -0.1) is 0 Å². The summed E-state index contributed by atoms with van der Waals surface area (Å²) in [5, 5.41) is 0. The van der Waals surface area contributed by atoms with Gasteiger partial charge in [0.15, 0.2) is 0 Å². The molecule has 0 bridgehead atoms. The molecule has 2 nitrogen and oxygen atoms in total. The highest BCUT2D eigenvalue weighted by Gasteiger charge is 2.16. The number of hydrogen-bond donors (Lipinski definition) is 0. The molecule has 0 radical (unpaired) electrons. The van der Waals surface area contributed by atoms with Crippen molar-refractivity contribution in [1.29, 1.82) is 0 Å². The molecule has 0 amide bonds. The Hall–Kier alpha value is -1.80. The largest absolute Gasteiger partial charge is 0.464 e. The Morgan fingerprint density at radius 2 is 2.00 bits per heavy atom. The molecule has 0 spiro atoms. The summed E-state index contributed by atoms with van der Waals surface area (Å²) in [4.78, 5) is 0. The quantitative estimate of drug-likeness (QED) is 0.812. The molecule has 92 valence electrons. The van der Waals surface area contributed by atoms with Crippen LogP contribution < -0.4 is 0 Å². The SMILES string of the molecule is C(=C(\c1ccccc1)c1ccco1)/C1CCCO1. The summed E-state index contributed by atoms with van der Waals surface area (Å²) in [6, 6.07) is 14.2. The molecule has 1 aromatic heterocycles.